The first-order valence-electron chi connectivity index (χ1n) is 25.6. The summed E-state index contributed by atoms with van der Waals surface area (Å²) < 4.78 is 34.0. The molecule has 17 atom stereocenters. The molecule has 3 aliphatic heterocycles. The van der Waals surface area contributed by atoms with Gasteiger partial charge in [-0.15, -0.1) is 0 Å². The van der Waals surface area contributed by atoms with Crippen LogP contribution in [0.25, 0.3) is 0 Å². The predicted octanol–water partition coefficient (Wildman–Crippen LogP) is 2.02. The largest absolute Gasteiger partial charge is 0.394 e. The normalized spacial score (nSPS) is 32.6. The van der Waals surface area contributed by atoms with Crippen LogP contribution >= 0.6 is 0 Å². The quantitative estimate of drug-likeness (QED) is 0.0331. The number of unbranched alkanes of at least 4 members (excludes halogenated alkanes) is 2. The molecule has 3 heterocycles. The smallest absolute Gasteiger partial charge is 0.220 e. The molecule has 414 valence electrons. The van der Waals surface area contributed by atoms with E-state index in [2.05, 4.69) is 79.1 Å². The molecule has 19 nitrogen and oxygen atoms in total. The van der Waals surface area contributed by atoms with Gasteiger partial charge in [-0.1, -0.05) is 116 Å². The molecule has 3 saturated heterocycles. The van der Waals surface area contributed by atoms with E-state index in [0.29, 0.717) is 19.3 Å². The van der Waals surface area contributed by atoms with E-state index in [1.807, 2.05) is 37.3 Å². The molecule has 0 bridgehead atoms. The van der Waals surface area contributed by atoms with E-state index in [4.69, 9.17) is 28.4 Å². The lowest BCUT2D eigenvalue weighted by Gasteiger charge is -2.48. The summed E-state index contributed by atoms with van der Waals surface area (Å²) in [6, 6.07) is -1.04. The van der Waals surface area contributed by atoms with Gasteiger partial charge < -0.3 is 89.9 Å². The summed E-state index contributed by atoms with van der Waals surface area (Å²) >= 11 is 0. The van der Waals surface area contributed by atoms with Crippen molar-refractivity contribution in [1.29, 1.82) is 0 Å². The number of aliphatic hydroxyl groups is 11. The molecule has 12 N–H and O–H groups in total. The number of rotatable bonds is 33. The molecular formula is C54H85NO18. The Morgan fingerprint density at radius 2 is 0.918 bits per heavy atom. The van der Waals surface area contributed by atoms with Crippen LogP contribution in [0.1, 0.15) is 90.9 Å². The van der Waals surface area contributed by atoms with Gasteiger partial charge in [0.1, 0.15) is 73.2 Å². The van der Waals surface area contributed by atoms with E-state index < -0.39 is 131 Å². The molecule has 73 heavy (non-hydrogen) atoms. The van der Waals surface area contributed by atoms with Crippen LogP contribution in [0.3, 0.4) is 0 Å². The van der Waals surface area contributed by atoms with Crippen molar-refractivity contribution in [2.24, 2.45) is 0 Å². The highest BCUT2D eigenvalue weighted by Gasteiger charge is 2.53. The van der Waals surface area contributed by atoms with Crippen LogP contribution < -0.4 is 5.32 Å². The summed E-state index contributed by atoms with van der Waals surface area (Å²) in [6.07, 6.45) is 18.6. The Kier molecular flexibility index (Phi) is 32.5. The molecule has 1 amide bonds. The van der Waals surface area contributed by atoms with Crippen LogP contribution in [0.5, 0.6) is 0 Å². The lowest BCUT2D eigenvalue weighted by atomic mass is 9.96. The van der Waals surface area contributed by atoms with Gasteiger partial charge in [0.2, 0.25) is 5.91 Å². The highest BCUT2D eigenvalue weighted by Crippen LogP contribution is 2.33. The summed E-state index contributed by atoms with van der Waals surface area (Å²) in [5.74, 6) is -0.383. The second-order valence-corrected chi connectivity index (χ2v) is 17.9. The summed E-state index contributed by atoms with van der Waals surface area (Å²) in [5, 5.41) is 119. The van der Waals surface area contributed by atoms with Crippen molar-refractivity contribution in [3.8, 4) is 0 Å². The molecule has 0 radical (unpaired) electrons. The Balaban J connectivity index is 1.56. The van der Waals surface area contributed by atoms with E-state index in [1.54, 1.807) is 6.08 Å². The third-order valence-electron chi connectivity index (χ3n) is 12.1. The van der Waals surface area contributed by atoms with Gasteiger partial charge in [-0.05, 0) is 77.6 Å². The number of allylic oxidation sites excluding steroid dienone is 17. The number of hydrogen-bond acceptors (Lipinski definition) is 18. The van der Waals surface area contributed by atoms with E-state index in [1.165, 1.54) is 6.08 Å². The number of ether oxygens (including phenoxy) is 6. The zero-order valence-corrected chi connectivity index (χ0v) is 42.3. The molecule has 19 heteroatoms. The van der Waals surface area contributed by atoms with Crippen LogP contribution in [0.4, 0.5) is 0 Å². The van der Waals surface area contributed by atoms with Gasteiger partial charge in [-0.2, -0.15) is 0 Å². The maximum absolute atomic E-state index is 13.2. The Labute approximate surface area is 430 Å². The number of nitrogens with one attached hydrogen (secondary N) is 1. The molecule has 3 aliphatic rings. The summed E-state index contributed by atoms with van der Waals surface area (Å²) in [6.45, 7) is 1.21. The fraction of sp³-hybridized carbons (Fsp3) is 0.648. The van der Waals surface area contributed by atoms with E-state index in [0.717, 1.165) is 51.4 Å². The zero-order valence-electron chi connectivity index (χ0n) is 42.3. The van der Waals surface area contributed by atoms with Crippen molar-refractivity contribution in [3.63, 3.8) is 0 Å². The van der Waals surface area contributed by atoms with Crippen LogP contribution in [0.15, 0.2) is 109 Å². The third-order valence-corrected chi connectivity index (χ3v) is 12.1. The minimum atomic E-state index is -1.99. The van der Waals surface area contributed by atoms with E-state index in [-0.39, 0.29) is 12.3 Å². The van der Waals surface area contributed by atoms with Crippen LogP contribution in [0.2, 0.25) is 0 Å². The fourth-order valence-corrected chi connectivity index (χ4v) is 7.90. The van der Waals surface area contributed by atoms with Crippen LogP contribution in [-0.4, -0.2) is 193 Å². The number of carbonyl (C=O) groups excluding carboxylic acids is 1. The summed E-state index contributed by atoms with van der Waals surface area (Å²) in [4.78, 5) is 13.2. The van der Waals surface area contributed by atoms with Gasteiger partial charge in [0.15, 0.2) is 18.9 Å². The lowest BCUT2D eigenvalue weighted by Crippen LogP contribution is -2.66. The van der Waals surface area contributed by atoms with E-state index in [9.17, 15) is 61.0 Å². The first-order valence-corrected chi connectivity index (χ1v) is 25.6. The zero-order chi connectivity index (χ0) is 53.4. The van der Waals surface area contributed by atoms with Crippen molar-refractivity contribution in [2.45, 2.75) is 195 Å². The van der Waals surface area contributed by atoms with Gasteiger partial charge in [-0.3, -0.25) is 4.79 Å². The topological polar surface area (TPSA) is 307 Å². The number of aliphatic hydroxyl groups excluding tert-OH is 11. The predicted molar refractivity (Wildman–Crippen MR) is 272 cm³/mol. The highest BCUT2D eigenvalue weighted by atomic mass is 16.8. The van der Waals surface area contributed by atoms with E-state index >= 15 is 0 Å². The Morgan fingerprint density at radius 3 is 1.41 bits per heavy atom. The number of amides is 1. The lowest BCUT2D eigenvalue weighted by molar-refractivity contribution is -0.379. The van der Waals surface area contributed by atoms with Gasteiger partial charge in [0.05, 0.1) is 38.6 Å². The third kappa shape index (κ3) is 22.7. The molecule has 0 aliphatic carbocycles. The van der Waals surface area contributed by atoms with Gasteiger partial charge in [0.25, 0.3) is 0 Å². The molecule has 0 saturated carbocycles. The molecule has 0 spiro atoms. The molecule has 0 aromatic heterocycles. The van der Waals surface area contributed by atoms with Gasteiger partial charge in [-0.25, -0.2) is 0 Å². The monoisotopic (exact) mass is 1040 g/mol. The fourth-order valence-electron chi connectivity index (χ4n) is 7.90. The maximum atomic E-state index is 13.2. The Hall–Kier alpha value is -3.55. The molecule has 17 unspecified atom stereocenters. The van der Waals surface area contributed by atoms with Crippen molar-refractivity contribution >= 4 is 5.91 Å². The average Bonchev–Trinajstić information content (AvgIpc) is 3.39. The van der Waals surface area contributed by atoms with Crippen LogP contribution in [-0.2, 0) is 33.2 Å². The number of carbonyl (C=O) groups is 1. The molecule has 0 aromatic carbocycles. The maximum Gasteiger partial charge on any atom is 0.220 e. The Bertz CT molecular complexity index is 1760. The van der Waals surface area contributed by atoms with Crippen molar-refractivity contribution in [3.05, 3.63) is 109 Å². The van der Waals surface area contributed by atoms with Crippen molar-refractivity contribution in [2.75, 3.05) is 26.4 Å². The minimum Gasteiger partial charge on any atom is -0.394 e. The Morgan fingerprint density at radius 1 is 0.507 bits per heavy atom. The average molecular weight is 1040 g/mol. The molecule has 3 fully saturated rings. The minimum absolute atomic E-state index is 0.0987. The molecular weight excluding hydrogens is 951 g/mol. The second-order valence-electron chi connectivity index (χ2n) is 17.9. The first-order chi connectivity index (χ1) is 35.3. The second kappa shape index (κ2) is 37.2. The highest BCUT2D eigenvalue weighted by molar-refractivity contribution is 5.76. The standard InChI is InChI=1S/C54H85NO18/c1-3-5-7-9-11-13-14-15-16-17-18-19-20-21-22-24-26-28-30-32-42(60)55-37(38(59)31-29-27-25-23-12-10-8-6-4-2)36-68-52-48(66)45(63)50(40(34-57)70-52)73-54-49(67)46(64)51(41(35-58)71-54)72-53-47(65)44(62)43(61)39(33-56)69-53/h4-7,11-13,15-16,18-19,21-23,26,28-29,31,37-41,43-54,56-59,61-67H,3,8-10,14,17,20,24-25,27,30,32-36H2,1-2H3,(H,55,60)/b6-4+,7-5-,13-11-,16-15-,19-18-,22-21-,23-12+,28-26-,31-29+. The van der Waals surface area contributed by atoms with Crippen LogP contribution in [0, 0.1) is 0 Å². The van der Waals surface area contributed by atoms with Gasteiger partial charge in [0, 0.05) is 6.42 Å². The summed E-state index contributed by atoms with van der Waals surface area (Å²) in [5.41, 5.74) is 0. The van der Waals surface area contributed by atoms with Crippen molar-refractivity contribution in [1.82, 2.24) is 5.32 Å². The molecule has 0 aromatic rings. The van der Waals surface area contributed by atoms with Gasteiger partial charge >= 0.3 is 0 Å². The van der Waals surface area contributed by atoms with Crippen molar-refractivity contribution < 1.29 is 89.4 Å². The molecule has 3 rings (SSSR count). The SMILES string of the molecule is C/C=C/CC/C=C/CC/C=C/C(O)C(COC1OC(CO)C(OC2OC(CO)C(OC3OC(CO)C(O)C(O)C3O)C(O)C2O)C(O)C1O)NC(=O)CC/C=C\C/C=C\C/C=C\C/C=C\C/C=C\C/C=C\CC. The summed E-state index contributed by atoms with van der Waals surface area (Å²) in [7, 11) is 0. The first kappa shape index (κ1) is 63.7. The number of hydrogen-bond donors (Lipinski definition) is 12.